The molecule has 0 aliphatic rings. The van der Waals surface area contributed by atoms with E-state index in [0.717, 1.165) is 5.56 Å². The first kappa shape index (κ1) is 19.8. The molecule has 1 atom stereocenters. The topological polar surface area (TPSA) is 9.23 Å². The molecule has 0 aliphatic carbocycles. The second-order valence-corrected chi connectivity index (χ2v) is 17.9. The summed E-state index contributed by atoms with van der Waals surface area (Å²) < 4.78 is 6.53. The molecule has 0 N–H and O–H groups in total. The van der Waals surface area contributed by atoms with E-state index in [1.807, 2.05) is 18.2 Å². The van der Waals surface area contributed by atoms with Gasteiger partial charge in [-0.25, -0.2) is 0 Å². The van der Waals surface area contributed by atoms with Crippen molar-refractivity contribution >= 4 is 16.4 Å². The summed E-state index contributed by atoms with van der Waals surface area (Å²) in [4.78, 5) is 0. The SMILES string of the molecule is CC(C)(C)[Si](C)(C)OC(C#CC#C[Si](C)(C)C)c1ccccc1. The maximum Gasteiger partial charge on any atom is 0.194 e. The molecule has 0 bridgehead atoms. The van der Waals surface area contributed by atoms with E-state index in [0.29, 0.717) is 0 Å². The Balaban J connectivity index is 3.10. The van der Waals surface area contributed by atoms with E-state index in [-0.39, 0.29) is 11.1 Å². The lowest BCUT2D eigenvalue weighted by atomic mass is 10.1. The molecule has 0 aromatic heterocycles. The van der Waals surface area contributed by atoms with Crippen LogP contribution in [0.4, 0.5) is 0 Å². The summed E-state index contributed by atoms with van der Waals surface area (Å²) in [5.41, 5.74) is 4.40. The molecular weight excluding hydrogens is 312 g/mol. The lowest BCUT2D eigenvalue weighted by molar-refractivity contribution is 0.238. The van der Waals surface area contributed by atoms with Gasteiger partial charge in [0, 0.05) is 0 Å². The van der Waals surface area contributed by atoms with Gasteiger partial charge < -0.3 is 4.43 Å². The lowest BCUT2D eigenvalue weighted by Crippen LogP contribution is -2.41. The number of hydrogen-bond donors (Lipinski definition) is 0. The monoisotopic (exact) mass is 342 g/mol. The van der Waals surface area contributed by atoms with Crippen molar-refractivity contribution in [3.63, 3.8) is 0 Å². The van der Waals surface area contributed by atoms with Crippen molar-refractivity contribution in [3.8, 4) is 23.3 Å². The molecular formula is C20H30OSi2. The van der Waals surface area contributed by atoms with Gasteiger partial charge in [-0.3, -0.25) is 0 Å². The van der Waals surface area contributed by atoms with Gasteiger partial charge in [0.2, 0.25) is 0 Å². The molecule has 0 aliphatic heterocycles. The van der Waals surface area contributed by atoms with Crippen LogP contribution in [0.25, 0.3) is 0 Å². The van der Waals surface area contributed by atoms with Crippen molar-refractivity contribution in [1.29, 1.82) is 0 Å². The number of benzene rings is 1. The van der Waals surface area contributed by atoms with E-state index in [2.05, 4.69) is 88.9 Å². The molecule has 124 valence electrons. The van der Waals surface area contributed by atoms with Gasteiger partial charge in [0.15, 0.2) is 8.32 Å². The van der Waals surface area contributed by atoms with Crippen molar-refractivity contribution in [2.24, 2.45) is 0 Å². The lowest BCUT2D eigenvalue weighted by Gasteiger charge is -2.38. The molecule has 1 unspecified atom stereocenters. The van der Waals surface area contributed by atoms with Gasteiger partial charge >= 0.3 is 0 Å². The molecule has 0 saturated carbocycles. The minimum absolute atomic E-state index is 0.158. The molecule has 1 aromatic carbocycles. The molecule has 0 spiro atoms. The second kappa shape index (κ2) is 7.54. The maximum atomic E-state index is 6.53. The summed E-state index contributed by atoms with van der Waals surface area (Å²) in [5, 5.41) is 0.158. The summed E-state index contributed by atoms with van der Waals surface area (Å²) in [7, 11) is -3.27. The highest BCUT2D eigenvalue weighted by Crippen LogP contribution is 2.39. The molecule has 3 heteroatoms. The average Bonchev–Trinajstić information content (AvgIpc) is 2.40. The van der Waals surface area contributed by atoms with Crippen molar-refractivity contribution in [3.05, 3.63) is 35.9 Å². The molecule has 0 saturated heterocycles. The minimum Gasteiger partial charge on any atom is -0.399 e. The van der Waals surface area contributed by atoms with Crippen molar-refractivity contribution < 1.29 is 4.43 Å². The van der Waals surface area contributed by atoms with Gasteiger partial charge in [0.05, 0.1) is 0 Å². The summed E-state index contributed by atoms with van der Waals surface area (Å²) in [6.07, 6.45) is -0.201. The second-order valence-electron chi connectivity index (χ2n) is 8.44. The van der Waals surface area contributed by atoms with E-state index >= 15 is 0 Å². The van der Waals surface area contributed by atoms with E-state index in [1.54, 1.807) is 0 Å². The Hall–Kier alpha value is -1.27. The van der Waals surface area contributed by atoms with Crippen LogP contribution >= 0.6 is 0 Å². The normalized spacial score (nSPS) is 13.4. The highest BCUT2D eigenvalue weighted by molar-refractivity contribution is 6.83. The van der Waals surface area contributed by atoms with Crippen LogP contribution in [0.2, 0.25) is 37.8 Å². The first-order chi connectivity index (χ1) is 10.4. The Morgan fingerprint density at radius 1 is 0.913 bits per heavy atom. The van der Waals surface area contributed by atoms with Gasteiger partial charge in [0.1, 0.15) is 14.2 Å². The van der Waals surface area contributed by atoms with Crippen molar-refractivity contribution in [1.82, 2.24) is 0 Å². The van der Waals surface area contributed by atoms with Gasteiger partial charge in [-0.15, -0.1) is 5.54 Å². The first-order valence-corrected chi connectivity index (χ1v) is 14.6. The van der Waals surface area contributed by atoms with Crippen LogP contribution in [0.1, 0.15) is 32.4 Å². The quantitative estimate of drug-likeness (QED) is 0.510. The Kier molecular flexibility index (Phi) is 6.48. The van der Waals surface area contributed by atoms with Crippen LogP contribution in [0.5, 0.6) is 0 Å². The third-order valence-corrected chi connectivity index (χ3v) is 9.34. The summed E-state index contributed by atoms with van der Waals surface area (Å²) in [5.74, 6) is 9.32. The fourth-order valence-electron chi connectivity index (χ4n) is 1.60. The van der Waals surface area contributed by atoms with Gasteiger partial charge in [0.25, 0.3) is 0 Å². The smallest absolute Gasteiger partial charge is 0.194 e. The molecule has 1 nitrogen and oxygen atoms in total. The fourth-order valence-corrected chi connectivity index (χ4v) is 3.18. The predicted molar refractivity (Wildman–Crippen MR) is 106 cm³/mol. The third kappa shape index (κ3) is 6.79. The zero-order valence-corrected chi connectivity index (χ0v) is 17.9. The molecule has 1 aromatic rings. The van der Waals surface area contributed by atoms with Crippen LogP contribution in [-0.4, -0.2) is 16.4 Å². The predicted octanol–water partition coefficient (Wildman–Crippen LogP) is 5.63. The van der Waals surface area contributed by atoms with Crippen LogP contribution < -0.4 is 0 Å². The van der Waals surface area contributed by atoms with Crippen LogP contribution in [0, 0.1) is 23.3 Å². The van der Waals surface area contributed by atoms with Gasteiger partial charge in [-0.1, -0.05) is 76.7 Å². The summed E-state index contributed by atoms with van der Waals surface area (Å²) in [6, 6.07) is 10.3. The highest BCUT2D eigenvalue weighted by Gasteiger charge is 2.39. The number of rotatable bonds is 3. The average molecular weight is 343 g/mol. The molecule has 0 heterocycles. The Morgan fingerprint density at radius 3 is 1.96 bits per heavy atom. The minimum atomic E-state index is -1.89. The van der Waals surface area contributed by atoms with Crippen LogP contribution in [-0.2, 0) is 4.43 Å². The van der Waals surface area contributed by atoms with Crippen molar-refractivity contribution in [2.75, 3.05) is 0 Å². The largest absolute Gasteiger partial charge is 0.399 e. The maximum absolute atomic E-state index is 6.53. The summed E-state index contributed by atoms with van der Waals surface area (Å²) >= 11 is 0. The van der Waals surface area contributed by atoms with Crippen LogP contribution in [0.3, 0.4) is 0 Å². The molecule has 1 rings (SSSR count). The molecule has 0 amide bonds. The summed E-state index contributed by atoms with van der Waals surface area (Å²) in [6.45, 7) is 17.9. The zero-order valence-electron chi connectivity index (χ0n) is 15.9. The fraction of sp³-hybridized carbons (Fsp3) is 0.500. The standard InChI is InChI=1S/C20H30OSi2/c1-20(2,3)23(7,8)21-19(18-14-10-9-11-15-18)16-12-13-17-22(4,5)6/h9-11,14-15,19H,1-8H3. The molecule has 23 heavy (non-hydrogen) atoms. The van der Waals surface area contributed by atoms with Crippen molar-refractivity contribution in [2.45, 2.75) is 64.6 Å². The van der Waals surface area contributed by atoms with E-state index in [1.165, 1.54) is 0 Å². The Bertz CT molecular complexity index is 626. The Labute approximate surface area is 145 Å². The first-order valence-electron chi connectivity index (χ1n) is 8.18. The molecule has 0 radical (unpaired) electrons. The molecule has 0 fully saturated rings. The zero-order chi connectivity index (χ0) is 17.7. The number of hydrogen-bond acceptors (Lipinski definition) is 1. The highest BCUT2D eigenvalue weighted by atomic mass is 28.4. The van der Waals surface area contributed by atoms with E-state index in [4.69, 9.17) is 4.43 Å². The Morgan fingerprint density at radius 2 is 1.48 bits per heavy atom. The third-order valence-electron chi connectivity index (χ3n) is 4.02. The van der Waals surface area contributed by atoms with Crippen LogP contribution in [0.15, 0.2) is 30.3 Å². The van der Waals surface area contributed by atoms with E-state index < -0.39 is 16.4 Å². The van der Waals surface area contributed by atoms with Gasteiger partial charge in [-0.2, -0.15) is 0 Å². The van der Waals surface area contributed by atoms with E-state index in [9.17, 15) is 0 Å². The van der Waals surface area contributed by atoms with Gasteiger partial charge in [-0.05, 0) is 35.5 Å².